The van der Waals surface area contributed by atoms with Crippen LogP contribution in [0.4, 0.5) is 4.79 Å². The van der Waals surface area contributed by atoms with Gasteiger partial charge in [-0.2, -0.15) is 0 Å². The summed E-state index contributed by atoms with van der Waals surface area (Å²) >= 11 is 0. The molecule has 2 rings (SSSR count). The zero-order valence-corrected chi connectivity index (χ0v) is 9.27. The van der Waals surface area contributed by atoms with Crippen LogP contribution < -0.4 is 5.32 Å². The number of carbonyl (C=O) groups excluding carboxylic acids is 2. The third-order valence-corrected chi connectivity index (χ3v) is 2.72. The van der Waals surface area contributed by atoms with Crippen molar-refractivity contribution in [3.8, 4) is 0 Å². The first-order valence-electron chi connectivity index (χ1n) is 5.45. The van der Waals surface area contributed by atoms with E-state index in [-0.39, 0.29) is 12.6 Å². The lowest BCUT2D eigenvalue weighted by Crippen LogP contribution is -2.52. The predicted octanol–water partition coefficient (Wildman–Crippen LogP) is -0.268. The highest BCUT2D eigenvalue weighted by Crippen LogP contribution is 2.19. The van der Waals surface area contributed by atoms with Gasteiger partial charge in [0.05, 0.1) is 20.3 Å². The summed E-state index contributed by atoms with van der Waals surface area (Å²) in [5.41, 5.74) is 0. The molecule has 2 aliphatic rings. The minimum atomic E-state index is -0.649. The van der Waals surface area contributed by atoms with Crippen LogP contribution in [0, 0.1) is 0 Å². The Hall–Kier alpha value is -1.30. The van der Waals surface area contributed by atoms with Crippen LogP contribution in [0.1, 0.15) is 12.8 Å². The number of esters is 1. The minimum absolute atomic E-state index is 0.111. The third kappa shape index (κ3) is 2.63. The Balaban J connectivity index is 1.85. The molecule has 0 spiro atoms. The second kappa shape index (κ2) is 4.69. The largest absolute Gasteiger partial charge is 0.467 e. The van der Waals surface area contributed by atoms with Crippen molar-refractivity contribution >= 4 is 12.0 Å². The Morgan fingerprint density at radius 2 is 2.19 bits per heavy atom. The third-order valence-electron chi connectivity index (χ3n) is 2.72. The molecule has 0 aromatic rings. The van der Waals surface area contributed by atoms with Crippen LogP contribution in [0.5, 0.6) is 0 Å². The zero-order chi connectivity index (χ0) is 11.5. The average Bonchev–Trinajstić information content (AvgIpc) is 3.12. The number of amides is 2. The molecule has 0 aromatic heterocycles. The van der Waals surface area contributed by atoms with E-state index in [2.05, 4.69) is 10.1 Å². The van der Waals surface area contributed by atoms with Gasteiger partial charge in [0.2, 0.25) is 0 Å². The lowest BCUT2D eigenvalue weighted by atomic mass is 10.3. The van der Waals surface area contributed by atoms with E-state index in [1.165, 1.54) is 7.11 Å². The molecule has 16 heavy (non-hydrogen) atoms. The first-order chi connectivity index (χ1) is 7.70. The smallest absolute Gasteiger partial charge is 0.336 e. The summed E-state index contributed by atoms with van der Waals surface area (Å²) in [4.78, 5) is 24.6. The molecule has 90 valence electrons. The lowest BCUT2D eigenvalue weighted by molar-refractivity contribution is -0.158. The predicted molar refractivity (Wildman–Crippen MR) is 54.9 cm³/mol. The molecule has 0 aromatic carbocycles. The van der Waals surface area contributed by atoms with E-state index in [0.717, 1.165) is 12.8 Å². The number of morpholine rings is 1. The van der Waals surface area contributed by atoms with E-state index in [1.807, 2.05) is 0 Å². The summed E-state index contributed by atoms with van der Waals surface area (Å²) in [6.07, 6.45) is 1.45. The van der Waals surface area contributed by atoms with Crippen LogP contribution in [0.3, 0.4) is 0 Å². The van der Waals surface area contributed by atoms with Crippen molar-refractivity contribution in [1.82, 2.24) is 10.2 Å². The van der Waals surface area contributed by atoms with E-state index in [9.17, 15) is 9.59 Å². The molecule has 6 heteroatoms. The maximum absolute atomic E-state index is 11.7. The SMILES string of the molecule is COC(=O)C1CN(C(=O)NC2CC2)CCO1. The molecule has 2 amide bonds. The second-order valence-corrected chi connectivity index (χ2v) is 4.05. The first-order valence-corrected chi connectivity index (χ1v) is 5.45. The Labute approximate surface area is 93.9 Å². The van der Waals surface area contributed by atoms with Crippen LogP contribution in [-0.2, 0) is 14.3 Å². The van der Waals surface area contributed by atoms with Gasteiger partial charge in [0.25, 0.3) is 0 Å². The van der Waals surface area contributed by atoms with E-state index in [0.29, 0.717) is 19.2 Å². The van der Waals surface area contributed by atoms with E-state index >= 15 is 0 Å². The highest BCUT2D eigenvalue weighted by molar-refractivity contribution is 5.78. The Morgan fingerprint density at radius 1 is 1.44 bits per heavy atom. The lowest BCUT2D eigenvalue weighted by Gasteiger charge is -2.31. The Kier molecular flexibility index (Phi) is 3.28. The van der Waals surface area contributed by atoms with Crippen LogP contribution in [-0.4, -0.2) is 55.9 Å². The van der Waals surface area contributed by atoms with Gasteiger partial charge < -0.3 is 19.7 Å². The topological polar surface area (TPSA) is 67.9 Å². The molecular formula is C10H16N2O4. The quantitative estimate of drug-likeness (QED) is 0.661. The first kappa shape index (κ1) is 11.2. The van der Waals surface area contributed by atoms with Gasteiger partial charge in [-0.05, 0) is 12.8 Å². The molecule has 2 fully saturated rings. The second-order valence-electron chi connectivity index (χ2n) is 4.05. The molecule has 1 unspecified atom stereocenters. The number of urea groups is 1. The van der Waals surface area contributed by atoms with Crippen LogP contribution in [0.15, 0.2) is 0 Å². The van der Waals surface area contributed by atoms with Crippen molar-refractivity contribution in [3.05, 3.63) is 0 Å². The van der Waals surface area contributed by atoms with Gasteiger partial charge in [0.1, 0.15) is 0 Å². The van der Waals surface area contributed by atoms with Crippen LogP contribution in [0.2, 0.25) is 0 Å². The Morgan fingerprint density at radius 3 is 2.81 bits per heavy atom. The summed E-state index contributed by atoms with van der Waals surface area (Å²) in [6, 6.07) is 0.214. The van der Waals surface area contributed by atoms with Crippen molar-refractivity contribution in [2.24, 2.45) is 0 Å². The number of nitrogens with zero attached hydrogens (tertiary/aromatic N) is 1. The molecular weight excluding hydrogens is 212 g/mol. The van der Waals surface area contributed by atoms with Crippen LogP contribution in [0.25, 0.3) is 0 Å². The monoisotopic (exact) mass is 228 g/mol. The summed E-state index contributed by atoms with van der Waals surface area (Å²) in [5, 5.41) is 2.88. The summed E-state index contributed by atoms with van der Waals surface area (Å²) < 4.78 is 9.82. The fourth-order valence-electron chi connectivity index (χ4n) is 1.60. The minimum Gasteiger partial charge on any atom is -0.467 e. The number of hydrogen-bond donors (Lipinski definition) is 1. The highest BCUT2D eigenvalue weighted by atomic mass is 16.6. The molecule has 1 aliphatic heterocycles. The number of carbonyl (C=O) groups is 2. The number of hydrogen-bond acceptors (Lipinski definition) is 4. The zero-order valence-electron chi connectivity index (χ0n) is 9.27. The molecule has 0 bridgehead atoms. The molecule has 6 nitrogen and oxygen atoms in total. The van der Waals surface area contributed by atoms with Gasteiger partial charge in [0.15, 0.2) is 6.10 Å². The average molecular weight is 228 g/mol. The molecule has 1 atom stereocenters. The van der Waals surface area contributed by atoms with E-state index in [4.69, 9.17) is 4.74 Å². The van der Waals surface area contributed by atoms with Gasteiger partial charge in [-0.1, -0.05) is 0 Å². The van der Waals surface area contributed by atoms with Crippen molar-refractivity contribution in [1.29, 1.82) is 0 Å². The molecule has 1 N–H and O–H groups in total. The van der Waals surface area contributed by atoms with Crippen LogP contribution >= 0.6 is 0 Å². The van der Waals surface area contributed by atoms with Crippen molar-refractivity contribution in [2.75, 3.05) is 26.8 Å². The Bertz CT molecular complexity index is 291. The molecule has 1 heterocycles. The highest BCUT2D eigenvalue weighted by Gasteiger charge is 2.32. The fraction of sp³-hybridized carbons (Fsp3) is 0.800. The summed E-state index contributed by atoms with van der Waals surface area (Å²) in [5.74, 6) is -0.427. The number of nitrogens with one attached hydrogen (secondary N) is 1. The normalized spacial score (nSPS) is 25.1. The van der Waals surface area contributed by atoms with Crippen molar-refractivity contribution in [2.45, 2.75) is 25.0 Å². The van der Waals surface area contributed by atoms with Crippen molar-refractivity contribution < 1.29 is 19.1 Å². The van der Waals surface area contributed by atoms with Gasteiger partial charge in [-0.25, -0.2) is 9.59 Å². The van der Waals surface area contributed by atoms with Gasteiger partial charge in [-0.15, -0.1) is 0 Å². The molecule has 1 saturated heterocycles. The molecule has 1 aliphatic carbocycles. The summed E-state index contributed by atoms with van der Waals surface area (Å²) in [7, 11) is 1.31. The molecule has 0 radical (unpaired) electrons. The standard InChI is InChI=1S/C10H16N2O4/c1-15-9(13)8-6-12(4-5-16-8)10(14)11-7-2-3-7/h7-8H,2-6H2,1H3,(H,11,14). The summed E-state index contributed by atoms with van der Waals surface area (Å²) in [6.45, 7) is 1.16. The van der Waals surface area contributed by atoms with E-state index < -0.39 is 12.1 Å². The number of ether oxygens (including phenoxy) is 2. The van der Waals surface area contributed by atoms with Gasteiger partial charge in [-0.3, -0.25) is 0 Å². The number of methoxy groups -OCH3 is 1. The number of rotatable bonds is 2. The van der Waals surface area contributed by atoms with Crippen molar-refractivity contribution in [3.63, 3.8) is 0 Å². The van der Waals surface area contributed by atoms with Gasteiger partial charge >= 0.3 is 12.0 Å². The van der Waals surface area contributed by atoms with E-state index in [1.54, 1.807) is 4.90 Å². The maximum atomic E-state index is 11.7. The van der Waals surface area contributed by atoms with Gasteiger partial charge in [0, 0.05) is 12.6 Å². The molecule has 1 saturated carbocycles. The fourth-order valence-corrected chi connectivity index (χ4v) is 1.60. The maximum Gasteiger partial charge on any atom is 0.336 e.